The Hall–Kier alpha value is -1.14. The molecule has 0 aromatic heterocycles. The highest BCUT2D eigenvalue weighted by Gasteiger charge is 2.27. The Morgan fingerprint density at radius 3 is 2.59 bits per heavy atom. The van der Waals surface area contributed by atoms with E-state index in [-0.39, 0.29) is 53.4 Å². The molecule has 1 aliphatic heterocycles. The largest absolute Gasteiger partial charge is 0.486 e. The van der Waals surface area contributed by atoms with Crippen LogP contribution in [0.25, 0.3) is 0 Å². The van der Waals surface area contributed by atoms with Crippen molar-refractivity contribution in [1.29, 1.82) is 0 Å². The first-order valence-corrected chi connectivity index (χ1v) is 11.3. The second kappa shape index (κ2) is 12.5. The van der Waals surface area contributed by atoms with Crippen LogP contribution in [0.5, 0.6) is 5.75 Å². The van der Waals surface area contributed by atoms with Crippen LogP contribution in [0.4, 0.5) is 4.39 Å². The number of halogens is 2. The molecular formula is C19H32FIN4O3S. The Morgan fingerprint density at radius 2 is 2.00 bits per heavy atom. The van der Waals surface area contributed by atoms with Crippen LogP contribution in [-0.2, 0) is 10.0 Å². The molecule has 1 aromatic carbocycles. The van der Waals surface area contributed by atoms with Crippen LogP contribution in [0.1, 0.15) is 33.1 Å². The van der Waals surface area contributed by atoms with Crippen molar-refractivity contribution in [1.82, 2.24) is 14.9 Å². The molecule has 2 N–H and O–H groups in total. The van der Waals surface area contributed by atoms with Gasteiger partial charge in [-0.1, -0.05) is 19.1 Å². The predicted molar refractivity (Wildman–Crippen MR) is 125 cm³/mol. The number of guanidine groups is 1. The third-order valence-corrected chi connectivity index (χ3v) is 6.67. The van der Waals surface area contributed by atoms with Gasteiger partial charge in [0.15, 0.2) is 17.5 Å². The molecule has 1 aliphatic rings. The molecule has 166 valence electrons. The second-order valence-electron chi connectivity index (χ2n) is 6.95. The van der Waals surface area contributed by atoms with E-state index in [0.717, 1.165) is 12.8 Å². The first kappa shape index (κ1) is 25.9. The minimum atomic E-state index is -3.13. The zero-order chi connectivity index (χ0) is 20.6. The number of aliphatic imine (C=N–C) groups is 1. The fourth-order valence-electron chi connectivity index (χ4n) is 3.09. The van der Waals surface area contributed by atoms with Crippen LogP contribution in [0.2, 0.25) is 0 Å². The molecule has 1 heterocycles. The molecule has 1 saturated heterocycles. The molecule has 0 radical (unpaired) electrons. The molecule has 2 rings (SSSR count). The number of benzene rings is 1. The highest BCUT2D eigenvalue weighted by atomic mass is 127. The third-order valence-electron chi connectivity index (χ3n) is 4.60. The zero-order valence-electron chi connectivity index (χ0n) is 17.2. The monoisotopic (exact) mass is 542 g/mol. The SMILES string of the molecule is CCCS(=O)(=O)N1CCC(NC(=NC)NCC(C)Oc2ccccc2F)CC1.I. The van der Waals surface area contributed by atoms with E-state index in [1.165, 1.54) is 6.07 Å². The number of hydrogen-bond acceptors (Lipinski definition) is 4. The fraction of sp³-hybridized carbons (Fsp3) is 0.632. The highest BCUT2D eigenvalue weighted by molar-refractivity contribution is 14.0. The van der Waals surface area contributed by atoms with Crippen molar-refractivity contribution >= 4 is 40.0 Å². The summed E-state index contributed by atoms with van der Waals surface area (Å²) in [7, 11) is -1.45. The minimum Gasteiger partial charge on any atom is -0.486 e. The van der Waals surface area contributed by atoms with Gasteiger partial charge in [0.1, 0.15) is 6.10 Å². The lowest BCUT2D eigenvalue weighted by Crippen LogP contribution is -2.51. The van der Waals surface area contributed by atoms with Gasteiger partial charge in [-0.3, -0.25) is 4.99 Å². The smallest absolute Gasteiger partial charge is 0.214 e. The van der Waals surface area contributed by atoms with Crippen LogP contribution in [0.3, 0.4) is 0 Å². The van der Waals surface area contributed by atoms with E-state index in [1.807, 2.05) is 13.8 Å². The molecule has 10 heteroatoms. The van der Waals surface area contributed by atoms with Crippen molar-refractivity contribution in [3.05, 3.63) is 30.1 Å². The number of rotatable bonds is 8. The van der Waals surface area contributed by atoms with Gasteiger partial charge < -0.3 is 15.4 Å². The molecular weight excluding hydrogens is 510 g/mol. The molecule has 0 bridgehead atoms. The van der Waals surface area contributed by atoms with Gasteiger partial charge >= 0.3 is 0 Å². The number of sulfonamides is 1. The minimum absolute atomic E-state index is 0. The molecule has 0 amide bonds. The van der Waals surface area contributed by atoms with E-state index in [0.29, 0.717) is 32.0 Å². The summed E-state index contributed by atoms with van der Waals surface area (Å²) in [4.78, 5) is 4.21. The van der Waals surface area contributed by atoms with Gasteiger partial charge in [0.05, 0.1) is 12.3 Å². The number of piperidine rings is 1. The number of nitrogens with zero attached hydrogens (tertiary/aromatic N) is 2. The van der Waals surface area contributed by atoms with Crippen LogP contribution in [-0.4, -0.2) is 63.3 Å². The first-order chi connectivity index (χ1) is 13.4. The van der Waals surface area contributed by atoms with Crippen molar-refractivity contribution in [3.63, 3.8) is 0 Å². The van der Waals surface area contributed by atoms with Gasteiger partial charge in [0, 0.05) is 26.2 Å². The normalized spacial score (nSPS) is 17.3. The predicted octanol–water partition coefficient (Wildman–Crippen LogP) is 2.58. The molecule has 29 heavy (non-hydrogen) atoms. The topological polar surface area (TPSA) is 83.0 Å². The van der Waals surface area contributed by atoms with Gasteiger partial charge in [-0.25, -0.2) is 17.1 Å². The molecule has 0 spiro atoms. The highest BCUT2D eigenvalue weighted by Crippen LogP contribution is 2.17. The second-order valence-corrected chi connectivity index (χ2v) is 9.03. The number of hydrogen-bond donors (Lipinski definition) is 2. The van der Waals surface area contributed by atoms with E-state index < -0.39 is 10.0 Å². The van der Waals surface area contributed by atoms with E-state index in [1.54, 1.807) is 29.6 Å². The molecule has 1 unspecified atom stereocenters. The third kappa shape index (κ3) is 8.25. The van der Waals surface area contributed by atoms with E-state index in [2.05, 4.69) is 15.6 Å². The van der Waals surface area contributed by atoms with Crippen LogP contribution in [0.15, 0.2) is 29.3 Å². The van der Waals surface area contributed by atoms with Gasteiger partial charge in [0.2, 0.25) is 10.0 Å². The Balaban J connectivity index is 0.00000420. The Labute approximate surface area is 190 Å². The van der Waals surface area contributed by atoms with Crippen molar-refractivity contribution in [2.45, 2.75) is 45.3 Å². The maximum atomic E-state index is 13.7. The first-order valence-electron chi connectivity index (χ1n) is 9.72. The van der Waals surface area contributed by atoms with Crippen molar-refractivity contribution in [2.24, 2.45) is 4.99 Å². The Kier molecular flexibility index (Phi) is 11.2. The summed E-state index contributed by atoms with van der Waals surface area (Å²) < 4.78 is 45.2. The summed E-state index contributed by atoms with van der Waals surface area (Å²) in [6.07, 6.45) is 1.83. The number of nitrogens with one attached hydrogen (secondary N) is 2. The van der Waals surface area contributed by atoms with E-state index >= 15 is 0 Å². The maximum absolute atomic E-state index is 13.7. The quantitative estimate of drug-likeness (QED) is 0.300. The van der Waals surface area contributed by atoms with Gasteiger partial charge in [-0.15, -0.1) is 24.0 Å². The standard InChI is InChI=1S/C19H31FN4O3S.HI/c1-4-13-28(25,26)24-11-9-16(10-12-24)23-19(21-3)22-14-15(2)27-18-8-6-5-7-17(18)20;/h5-8,15-16H,4,9-14H2,1-3H3,(H2,21,22,23);1H. The van der Waals surface area contributed by atoms with Crippen LogP contribution in [0, 0.1) is 5.82 Å². The van der Waals surface area contributed by atoms with E-state index in [4.69, 9.17) is 4.74 Å². The Bertz CT molecular complexity index is 756. The lowest BCUT2D eigenvalue weighted by atomic mass is 10.1. The van der Waals surface area contributed by atoms with E-state index in [9.17, 15) is 12.8 Å². The zero-order valence-corrected chi connectivity index (χ0v) is 20.4. The van der Waals surface area contributed by atoms with Gasteiger partial charge in [-0.05, 0) is 38.3 Å². The van der Waals surface area contributed by atoms with Gasteiger partial charge in [0.25, 0.3) is 0 Å². The summed E-state index contributed by atoms with van der Waals surface area (Å²) in [5, 5.41) is 6.51. The summed E-state index contributed by atoms with van der Waals surface area (Å²) in [5.74, 6) is 0.662. The Morgan fingerprint density at radius 1 is 1.34 bits per heavy atom. The van der Waals surface area contributed by atoms with Crippen LogP contribution >= 0.6 is 24.0 Å². The summed E-state index contributed by atoms with van der Waals surface area (Å²) in [5.41, 5.74) is 0. The fourth-order valence-corrected chi connectivity index (χ4v) is 4.63. The summed E-state index contributed by atoms with van der Waals surface area (Å²) in [6.45, 7) is 5.22. The summed E-state index contributed by atoms with van der Waals surface area (Å²) in [6, 6.07) is 6.46. The maximum Gasteiger partial charge on any atom is 0.214 e. The lowest BCUT2D eigenvalue weighted by Gasteiger charge is -2.32. The average Bonchev–Trinajstić information content (AvgIpc) is 2.67. The number of para-hydroxylation sites is 1. The lowest BCUT2D eigenvalue weighted by molar-refractivity contribution is 0.213. The molecule has 0 aliphatic carbocycles. The van der Waals surface area contributed by atoms with Gasteiger partial charge in [-0.2, -0.15) is 0 Å². The molecule has 1 aromatic rings. The van der Waals surface area contributed by atoms with Crippen LogP contribution < -0.4 is 15.4 Å². The molecule has 7 nitrogen and oxygen atoms in total. The van der Waals surface area contributed by atoms with Crippen molar-refractivity contribution in [3.8, 4) is 5.75 Å². The van der Waals surface area contributed by atoms with Crippen molar-refractivity contribution in [2.75, 3.05) is 32.4 Å². The molecule has 1 atom stereocenters. The molecule has 0 saturated carbocycles. The number of ether oxygens (including phenoxy) is 1. The molecule has 1 fully saturated rings. The van der Waals surface area contributed by atoms with Crippen molar-refractivity contribution < 1.29 is 17.5 Å². The summed E-state index contributed by atoms with van der Waals surface area (Å²) >= 11 is 0. The average molecular weight is 542 g/mol.